The zero-order valence-electron chi connectivity index (χ0n) is 12.4. The number of rotatable bonds is 3. The summed E-state index contributed by atoms with van der Waals surface area (Å²) in [6, 6.07) is 0.310. The molecule has 5 heteroatoms. The molecule has 0 spiro atoms. The zero-order chi connectivity index (χ0) is 14.4. The molecule has 1 saturated carbocycles. The van der Waals surface area contributed by atoms with Crippen molar-refractivity contribution >= 4 is 12.0 Å². The van der Waals surface area contributed by atoms with Crippen LogP contribution in [-0.4, -0.2) is 42.6 Å². The van der Waals surface area contributed by atoms with Crippen molar-refractivity contribution in [1.82, 2.24) is 10.2 Å². The molecule has 2 aliphatic rings. The summed E-state index contributed by atoms with van der Waals surface area (Å²) in [4.78, 5) is 25.8. The lowest BCUT2D eigenvalue weighted by molar-refractivity contribution is -0.149. The molecule has 1 aliphatic carbocycles. The van der Waals surface area contributed by atoms with Gasteiger partial charge in [-0.1, -0.05) is 19.3 Å². The smallest absolute Gasteiger partial charge is 0.317 e. The Hall–Kier alpha value is -1.26. The third kappa shape index (κ3) is 4.12. The van der Waals surface area contributed by atoms with Gasteiger partial charge in [0, 0.05) is 19.1 Å². The molecule has 1 N–H and O–H groups in total. The zero-order valence-corrected chi connectivity index (χ0v) is 12.4. The number of likely N-dealkylation sites (tertiary alicyclic amines) is 1. The molecule has 0 radical (unpaired) electrons. The molecule has 0 bridgehead atoms. The van der Waals surface area contributed by atoms with Crippen LogP contribution in [-0.2, 0) is 9.53 Å². The van der Waals surface area contributed by atoms with Crippen LogP contribution in [0.1, 0.15) is 51.9 Å². The molecule has 0 aromatic rings. The summed E-state index contributed by atoms with van der Waals surface area (Å²) in [5.74, 6) is -0.316. The Bertz CT molecular complexity index is 340. The summed E-state index contributed by atoms with van der Waals surface area (Å²) in [6.45, 7) is 3.46. The summed E-state index contributed by atoms with van der Waals surface area (Å²) >= 11 is 0. The van der Waals surface area contributed by atoms with Gasteiger partial charge in [0.15, 0.2) is 0 Å². The van der Waals surface area contributed by atoms with E-state index in [2.05, 4.69) is 5.32 Å². The summed E-state index contributed by atoms with van der Waals surface area (Å²) in [6.07, 6.45) is 7.56. The first kappa shape index (κ1) is 15.1. The number of carbonyl (C=O) groups excluding carboxylic acids is 2. The maximum absolute atomic E-state index is 12.3. The molecule has 2 amide bonds. The SMILES string of the molecule is CCOC(=O)[C@H]1CCCN(C(=O)NC2CCCCC2)C1. The van der Waals surface area contributed by atoms with Gasteiger partial charge in [0.05, 0.1) is 12.5 Å². The van der Waals surface area contributed by atoms with Crippen molar-refractivity contribution in [2.75, 3.05) is 19.7 Å². The average Bonchev–Trinajstić information content (AvgIpc) is 2.48. The molecule has 1 atom stereocenters. The van der Waals surface area contributed by atoms with E-state index in [0.29, 0.717) is 19.2 Å². The van der Waals surface area contributed by atoms with Gasteiger partial charge >= 0.3 is 12.0 Å². The summed E-state index contributed by atoms with van der Waals surface area (Å²) < 4.78 is 5.06. The van der Waals surface area contributed by atoms with Gasteiger partial charge in [0.1, 0.15) is 0 Å². The molecule has 1 aliphatic heterocycles. The second-order valence-electron chi connectivity index (χ2n) is 5.82. The van der Waals surface area contributed by atoms with Crippen molar-refractivity contribution in [3.63, 3.8) is 0 Å². The molecule has 2 rings (SSSR count). The largest absolute Gasteiger partial charge is 0.466 e. The Morgan fingerprint density at radius 2 is 1.90 bits per heavy atom. The predicted molar refractivity (Wildman–Crippen MR) is 76.3 cm³/mol. The number of nitrogens with one attached hydrogen (secondary N) is 1. The van der Waals surface area contributed by atoms with E-state index in [1.165, 1.54) is 19.3 Å². The van der Waals surface area contributed by atoms with Crippen molar-refractivity contribution in [2.24, 2.45) is 5.92 Å². The number of esters is 1. The fourth-order valence-electron chi connectivity index (χ4n) is 3.13. The van der Waals surface area contributed by atoms with Gasteiger partial charge in [-0.05, 0) is 32.6 Å². The van der Waals surface area contributed by atoms with Crippen LogP contribution in [0.5, 0.6) is 0 Å². The lowest BCUT2D eigenvalue weighted by Gasteiger charge is -2.33. The molecule has 1 heterocycles. The van der Waals surface area contributed by atoms with Crippen LogP contribution in [0, 0.1) is 5.92 Å². The van der Waals surface area contributed by atoms with Gasteiger partial charge in [-0.25, -0.2) is 4.79 Å². The van der Waals surface area contributed by atoms with E-state index in [-0.39, 0.29) is 17.9 Å². The van der Waals surface area contributed by atoms with Crippen LogP contribution >= 0.6 is 0 Å². The van der Waals surface area contributed by atoms with Crippen molar-refractivity contribution in [3.05, 3.63) is 0 Å². The predicted octanol–water partition coefficient (Wildman–Crippen LogP) is 2.30. The number of urea groups is 1. The fourth-order valence-corrected chi connectivity index (χ4v) is 3.13. The molecular weight excluding hydrogens is 256 g/mol. The Kier molecular flexibility index (Phi) is 5.68. The number of amides is 2. The monoisotopic (exact) mass is 282 g/mol. The highest BCUT2D eigenvalue weighted by molar-refractivity contribution is 5.77. The molecule has 0 unspecified atom stereocenters. The lowest BCUT2D eigenvalue weighted by Crippen LogP contribution is -2.50. The van der Waals surface area contributed by atoms with Crippen LogP contribution in [0.15, 0.2) is 0 Å². The Morgan fingerprint density at radius 3 is 2.60 bits per heavy atom. The molecule has 0 aromatic carbocycles. The Morgan fingerprint density at radius 1 is 1.15 bits per heavy atom. The van der Waals surface area contributed by atoms with Crippen LogP contribution in [0.2, 0.25) is 0 Å². The fraction of sp³-hybridized carbons (Fsp3) is 0.867. The van der Waals surface area contributed by atoms with Gasteiger partial charge < -0.3 is 15.0 Å². The third-order valence-electron chi connectivity index (χ3n) is 4.26. The highest BCUT2D eigenvalue weighted by Crippen LogP contribution is 2.20. The number of ether oxygens (including phenoxy) is 1. The Balaban J connectivity index is 1.81. The first-order valence-corrected chi connectivity index (χ1v) is 7.92. The van der Waals surface area contributed by atoms with Crippen molar-refractivity contribution < 1.29 is 14.3 Å². The average molecular weight is 282 g/mol. The van der Waals surface area contributed by atoms with Crippen LogP contribution in [0.4, 0.5) is 4.79 Å². The molecule has 1 saturated heterocycles. The van der Waals surface area contributed by atoms with Crippen molar-refractivity contribution in [3.8, 4) is 0 Å². The standard InChI is InChI=1S/C15H26N2O3/c1-2-20-14(18)12-7-6-10-17(11-12)15(19)16-13-8-4-3-5-9-13/h12-13H,2-11H2,1H3,(H,16,19)/t12-/m0/s1. The molecule has 114 valence electrons. The Labute approximate surface area is 121 Å². The van der Waals surface area contributed by atoms with E-state index in [1.54, 1.807) is 4.90 Å². The maximum Gasteiger partial charge on any atom is 0.317 e. The number of nitrogens with zero attached hydrogens (tertiary/aromatic N) is 1. The number of carbonyl (C=O) groups is 2. The van der Waals surface area contributed by atoms with Gasteiger partial charge in [-0.2, -0.15) is 0 Å². The van der Waals surface area contributed by atoms with E-state index < -0.39 is 0 Å². The lowest BCUT2D eigenvalue weighted by atomic mass is 9.95. The van der Waals surface area contributed by atoms with E-state index in [4.69, 9.17) is 4.74 Å². The summed E-state index contributed by atoms with van der Waals surface area (Å²) in [7, 11) is 0. The van der Waals surface area contributed by atoms with E-state index in [1.807, 2.05) is 6.92 Å². The van der Waals surface area contributed by atoms with E-state index in [0.717, 1.165) is 32.2 Å². The second kappa shape index (κ2) is 7.50. The molecular formula is C15H26N2O3. The maximum atomic E-state index is 12.3. The van der Waals surface area contributed by atoms with Crippen LogP contribution < -0.4 is 5.32 Å². The highest BCUT2D eigenvalue weighted by atomic mass is 16.5. The molecule has 2 fully saturated rings. The van der Waals surface area contributed by atoms with Crippen LogP contribution in [0.25, 0.3) is 0 Å². The quantitative estimate of drug-likeness (QED) is 0.808. The third-order valence-corrected chi connectivity index (χ3v) is 4.26. The van der Waals surface area contributed by atoms with Gasteiger partial charge in [-0.15, -0.1) is 0 Å². The summed E-state index contributed by atoms with van der Waals surface area (Å²) in [5, 5.41) is 3.11. The minimum Gasteiger partial charge on any atom is -0.466 e. The highest BCUT2D eigenvalue weighted by Gasteiger charge is 2.30. The first-order valence-electron chi connectivity index (χ1n) is 7.92. The van der Waals surface area contributed by atoms with Gasteiger partial charge in [-0.3, -0.25) is 4.79 Å². The van der Waals surface area contributed by atoms with Crippen molar-refractivity contribution in [2.45, 2.75) is 57.9 Å². The van der Waals surface area contributed by atoms with Gasteiger partial charge in [0.25, 0.3) is 0 Å². The number of piperidine rings is 1. The molecule has 0 aromatic heterocycles. The van der Waals surface area contributed by atoms with E-state index in [9.17, 15) is 9.59 Å². The normalized spacial score (nSPS) is 24.2. The minimum atomic E-state index is -0.164. The molecule has 5 nitrogen and oxygen atoms in total. The minimum absolute atomic E-state index is 0.00843. The van der Waals surface area contributed by atoms with E-state index >= 15 is 0 Å². The topological polar surface area (TPSA) is 58.6 Å². The second-order valence-corrected chi connectivity index (χ2v) is 5.82. The molecule has 20 heavy (non-hydrogen) atoms. The van der Waals surface area contributed by atoms with Crippen molar-refractivity contribution in [1.29, 1.82) is 0 Å². The number of hydrogen-bond acceptors (Lipinski definition) is 3. The number of hydrogen-bond donors (Lipinski definition) is 1. The first-order chi connectivity index (χ1) is 9.70. The van der Waals surface area contributed by atoms with Gasteiger partial charge in [0.2, 0.25) is 0 Å². The van der Waals surface area contributed by atoms with Crippen LogP contribution in [0.3, 0.4) is 0 Å². The summed E-state index contributed by atoms with van der Waals surface area (Å²) in [5.41, 5.74) is 0.